The molecule has 0 saturated carbocycles. The van der Waals surface area contributed by atoms with Crippen LogP contribution in [0, 0.1) is 13.8 Å². The number of aryl methyl sites for hydroxylation is 3. The zero-order chi connectivity index (χ0) is 14.3. The third-order valence-electron chi connectivity index (χ3n) is 3.60. The minimum Gasteiger partial charge on any atom is -0.461 e. The van der Waals surface area contributed by atoms with E-state index in [0.717, 1.165) is 52.8 Å². The van der Waals surface area contributed by atoms with Gasteiger partial charge in [0.25, 0.3) is 0 Å². The van der Waals surface area contributed by atoms with Gasteiger partial charge in [0.1, 0.15) is 17.1 Å². The van der Waals surface area contributed by atoms with Crippen molar-refractivity contribution in [1.82, 2.24) is 5.32 Å². The molecule has 0 saturated heterocycles. The highest BCUT2D eigenvalue weighted by Crippen LogP contribution is 2.39. The van der Waals surface area contributed by atoms with E-state index in [2.05, 4.69) is 5.32 Å². The van der Waals surface area contributed by atoms with Gasteiger partial charge in [-0.25, -0.2) is 0 Å². The molecule has 0 amide bonds. The van der Waals surface area contributed by atoms with Crippen LogP contribution in [-0.4, -0.2) is 13.6 Å². The van der Waals surface area contributed by atoms with Crippen LogP contribution in [0.2, 0.25) is 5.02 Å². The number of fused-ring (bicyclic) bond motifs is 2. The molecular formula is C16H18ClNO2. The summed E-state index contributed by atoms with van der Waals surface area (Å²) >= 11 is 6.47. The number of nitrogens with one attached hydrogen (secondary N) is 1. The van der Waals surface area contributed by atoms with Gasteiger partial charge in [-0.1, -0.05) is 11.6 Å². The minimum atomic E-state index is 0.650. The molecule has 2 aromatic heterocycles. The molecule has 0 aliphatic heterocycles. The van der Waals surface area contributed by atoms with E-state index in [1.807, 2.05) is 33.0 Å². The lowest BCUT2D eigenvalue weighted by atomic mass is 10.0. The Morgan fingerprint density at radius 3 is 2.40 bits per heavy atom. The lowest BCUT2D eigenvalue weighted by Gasteiger charge is -2.06. The number of benzene rings is 1. The molecule has 3 rings (SSSR count). The third kappa shape index (κ3) is 2.11. The number of hydrogen-bond acceptors (Lipinski definition) is 3. The lowest BCUT2D eigenvalue weighted by Crippen LogP contribution is -2.08. The zero-order valence-electron chi connectivity index (χ0n) is 12.0. The van der Waals surface area contributed by atoms with Gasteiger partial charge < -0.3 is 14.2 Å². The van der Waals surface area contributed by atoms with E-state index in [0.29, 0.717) is 5.02 Å². The molecule has 0 bridgehead atoms. The summed E-state index contributed by atoms with van der Waals surface area (Å²) in [6.45, 7) is 4.86. The molecule has 0 unspecified atom stereocenters. The van der Waals surface area contributed by atoms with Gasteiger partial charge in [0, 0.05) is 16.3 Å². The molecule has 4 heteroatoms. The van der Waals surface area contributed by atoms with Crippen LogP contribution >= 0.6 is 11.6 Å². The topological polar surface area (TPSA) is 38.3 Å². The van der Waals surface area contributed by atoms with Crippen molar-refractivity contribution in [2.45, 2.75) is 26.7 Å². The Hall–Kier alpha value is -1.45. The van der Waals surface area contributed by atoms with Crippen molar-refractivity contribution in [3.63, 3.8) is 0 Å². The zero-order valence-corrected chi connectivity index (χ0v) is 12.7. The van der Waals surface area contributed by atoms with Gasteiger partial charge in [-0.05, 0) is 52.4 Å². The first-order valence-electron chi connectivity index (χ1n) is 6.87. The molecule has 1 N–H and O–H groups in total. The standard InChI is InChI=1S/C16H18ClNO2/c1-9-7-12-11(5-4-6-18-3)15-13(8-10(2)19-15)14(17)16(12)20-9/h7-8,18H,4-6H2,1-3H3. The maximum atomic E-state index is 6.47. The molecule has 0 atom stereocenters. The number of rotatable bonds is 4. The highest BCUT2D eigenvalue weighted by molar-refractivity contribution is 6.40. The van der Waals surface area contributed by atoms with Crippen molar-refractivity contribution < 1.29 is 8.83 Å². The highest BCUT2D eigenvalue weighted by Gasteiger charge is 2.19. The Balaban J connectivity index is 2.27. The summed E-state index contributed by atoms with van der Waals surface area (Å²) in [7, 11) is 1.96. The molecule has 0 fully saturated rings. The monoisotopic (exact) mass is 291 g/mol. The van der Waals surface area contributed by atoms with Crippen LogP contribution in [0.1, 0.15) is 23.5 Å². The Labute approximate surface area is 122 Å². The predicted molar refractivity (Wildman–Crippen MR) is 82.7 cm³/mol. The van der Waals surface area contributed by atoms with Crippen molar-refractivity contribution in [2.75, 3.05) is 13.6 Å². The summed E-state index contributed by atoms with van der Waals surface area (Å²) in [4.78, 5) is 0. The Morgan fingerprint density at radius 1 is 1.05 bits per heavy atom. The number of halogens is 1. The molecule has 0 aliphatic carbocycles. The SMILES string of the molecule is CNCCCc1c2cc(C)oc2c(Cl)c2cc(C)oc12. The van der Waals surface area contributed by atoms with Crippen molar-refractivity contribution >= 4 is 33.5 Å². The van der Waals surface area contributed by atoms with Crippen LogP contribution in [0.15, 0.2) is 21.0 Å². The van der Waals surface area contributed by atoms with Gasteiger partial charge in [-0.3, -0.25) is 0 Å². The van der Waals surface area contributed by atoms with Crippen LogP contribution in [0.5, 0.6) is 0 Å². The first-order valence-corrected chi connectivity index (χ1v) is 7.25. The van der Waals surface area contributed by atoms with Crippen molar-refractivity contribution in [3.05, 3.63) is 34.2 Å². The molecule has 2 heterocycles. The summed E-state index contributed by atoms with van der Waals surface area (Å²) in [6, 6.07) is 4.03. The molecule has 0 aliphatic rings. The van der Waals surface area contributed by atoms with Crippen LogP contribution in [0.3, 0.4) is 0 Å². The molecule has 3 nitrogen and oxygen atoms in total. The fraction of sp³-hybridized carbons (Fsp3) is 0.375. The Bertz CT molecular complexity index is 712. The summed E-state index contributed by atoms with van der Waals surface area (Å²) in [5.41, 5.74) is 2.87. The van der Waals surface area contributed by atoms with Crippen LogP contribution in [-0.2, 0) is 6.42 Å². The van der Waals surface area contributed by atoms with Gasteiger partial charge in [0.2, 0.25) is 0 Å². The highest BCUT2D eigenvalue weighted by atomic mass is 35.5. The molecule has 0 spiro atoms. The van der Waals surface area contributed by atoms with E-state index in [4.69, 9.17) is 20.4 Å². The van der Waals surface area contributed by atoms with Crippen LogP contribution in [0.4, 0.5) is 0 Å². The Morgan fingerprint density at radius 2 is 1.70 bits per heavy atom. The van der Waals surface area contributed by atoms with Crippen molar-refractivity contribution in [1.29, 1.82) is 0 Å². The second-order valence-electron chi connectivity index (χ2n) is 5.20. The third-order valence-corrected chi connectivity index (χ3v) is 3.97. The average Bonchev–Trinajstić information content (AvgIpc) is 2.97. The second kappa shape index (κ2) is 5.15. The first kappa shape index (κ1) is 13.5. The molecule has 106 valence electrons. The van der Waals surface area contributed by atoms with Crippen LogP contribution in [0.25, 0.3) is 21.9 Å². The fourth-order valence-corrected chi connectivity index (χ4v) is 3.02. The summed E-state index contributed by atoms with van der Waals surface area (Å²) in [5.74, 6) is 1.75. The number of hydrogen-bond donors (Lipinski definition) is 1. The van der Waals surface area contributed by atoms with Gasteiger partial charge in [-0.2, -0.15) is 0 Å². The van der Waals surface area contributed by atoms with Crippen molar-refractivity contribution in [2.24, 2.45) is 0 Å². The molecule has 3 aromatic rings. The van der Waals surface area contributed by atoms with Crippen LogP contribution < -0.4 is 5.32 Å². The fourth-order valence-electron chi connectivity index (χ4n) is 2.74. The maximum absolute atomic E-state index is 6.47. The van der Waals surface area contributed by atoms with E-state index < -0.39 is 0 Å². The van der Waals surface area contributed by atoms with E-state index in [-0.39, 0.29) is 0 Å². The predicted octanol–water partition coefficient (Wildman–Crippen LogP) is 4.60. The van der Waals surface area contributed by atoms with E-state index in [9.17, 15) is 0 Å². The summed E-state index contributed by atoms with van der Waals surface area (Å²) in [5, 5.41) is 5.85. The number of furan rings is 2. The quantitative estimate of drug-likeness (QED) is 0.714. The second-order valence-corrected chi connectivity index (χ2v) is 5.58. The summed E-state index contributed by atoms with van der Waals surface area (Å²) < 4.78 is 11.7. The largest absolute Gasteiger partial charge is 0.461 e. The van der Waals surface area contributed by atoms with E-state index in [1.54, 1.807) is 0 Å². The normalized spacial score (nSPS) is 11.8. The Kier molecular flexibility index (Phi) is 3.48. The average molecular weight is 292 g/mol. The van der Waals surface area contributed by atoms with Gasteiger partial charge in [0.15, 0.2) is 5.58 Å². The van der Waals surface area contributed by atoms with E-state index >= 15 is 0 Å². The first-order chi connectivity index (χ1) is 9.61. The smallest absolute Gasteiger partial charge is 0.154 e. The molecular weight excluding hydrogens is 274 g/mol. The lowest BCUT2D eigenvalue weighted by molar-refractivity contribution is 0.571. The minimum absolute atomic E-state index is 0.650. The molecule has 1 aromatic carbocycles. The van der Waals surface area contributed by atoms with Crippen molar-refractivity contribution in [3.8, 4) is 0 Å². The summed E-state index contributed by atoms with van der Waals surface area (Å²) in [6.07, 6.45) is 1.99. The molecule has 0 radical (unpaired) electrons. The van der Waals surface area contributed by atoms with E-state index in [1.165, 1.54) is 5.56 Å². The van der Waals surface area contributed by atoms with Gasteiger partial charge >= 0.3 is 0 Å². The molecule has 20 heavy (non-hydrogen) atoms. The van der Waals surface area contributed by atoms with Gasteiger partial charge in [-0.15, -0.1) is 0 Å². The van der Waals surface area contributed by atoms with Gasteiger partial charge in [0.05, 0.1) is 5.02 Å². The maximum Gasteiger partial charge on any atom is 0.154 e.